The Morgan fingerprint density at radius 2 is 2.07 bits per heavy atom. The van der Waals surface area contributed by atoms with Crippen LogP contribution in [0.15, 0.2) is 23.3 Å². The lowest BCUT2D eigenvalue weighted by atomic mass is 9.88. The van der Waals surface area contributed by atoms with Crippen molar-refractivity contribution < 1.29 is 19.4 Å². The first-order valence-electron chi connectivity index (χ1n) is 4.96. The fourth-order valence-electron chi connectivity index (χ4n) is 1.87. The minimum Gasteiger partial charge on any atom is -0.364 e. The molecule has 0 aromatic carbocycles. The summed E-state index contributed by atoms with van der Waals surface area (Å²) in [6.07, 6.45) is 2.13. The molecule has 0 saturated heterocycles. The van der Waals surface area contributed by atoms with Crippen molar-refractivity contribution in [2.45, 2.75) is 32.2 Å². The molecular weight excluding hydrogens is 196 g/mol. The van der Waals surface area contributed by atoms with Crippen LogP contribution in [0, 0.1) is 0 Å². The first-order valence-corrected chi connectivity index (χ1v) is 4.96. The molecule has 0 saturated carbocycles. The van der Waals surface area contributed by atoms with E-state index in [1.54, 1.807) is 0 Å². The van der Waals surface area contributed by atoms with Crippen molar-refractivity contribution in [3.8, 4) is 0 Å². The predicted molar refractivity (Wildman–Crippen MR) is 52.0 cm³/mol. The lowest BCUT2D eigenvalue weighted by Gasteiger charge is -2.30. The summed E-state index contributed by atoms with van der Waals surface area (Å²) in [6.45, 7) is 1.91. The summed E-state index contributed by atoms with van der Waals surface area (Å²) in [5.74, 6) is -0.517. The zero-order valence-corrected chi connectivity index (χ0v) is 8.40. The molecule has 0 spiro atoms. The van der Waals surface area contributed by atoms with Gasteiger partial charge in [0, 0.05) is 12.0 Å². The predicted octanol–water partition coefficient (Wildman–Crippen LogP) is 0.508. The maximum absolute atomic E-state index is 11.5. The number of carbonyl (C=O) groups excluding carboxylic acids is 2. The van der Waals surface area contributed by atoms with Gasteiger partial charge in [-0.2, -0.15) is 0 Å². The van der Waals surface area contributed by atoms with Crippen molar-refractivity contribution in [3.05, 3.63) is 23.3 Å². The Morgan fingerprint density at radius 3 is 2.73 bits per heavy atom. The van der Waals surface area contributed by atoms with Crippen molar-refractivity contribution in [1.29, 1.82) is 0 Å². The minimum atomic E-state index is -1.25. The standard InChI is InChI=1S/C11H12O4/c1-2-6-5-7-8(12)3-4-9(13)10(7)11(14)15-6/h3-4,6,11,14H,2,5H2,1H3. The van der Waals surface area contributed by atoms with Gasteiger partial charge in [-0.25, -0.2) is 0 Å². The molecule has 0 fully saturated rings. The average Bonchev–Trinajstić information content (AvgIpc) is 2.23. The van der Waals surface area contributed by atoms with Gasteiger partial charge >= 0.3 is 0 Å². The fraction of sp³-hybridized carbons (Fsp3) is 0.455. The minimum absolute atomic E-state index is 0.118. The normalized spacial score (nSPS) is 30.8. The van der Waals surface area contributed by atoms with Crippen LogP contribution in [0.5, 0.6) is 0 Å². The van der Waals surface area contributed by atoms with Gasteiger partial charge in [0.1, 0.15) is 0 Å². The fourth-order valence-corrected chi connectivity index (χ4v) is 1.87. The van der Waals surface area contributed by atoms with Gasteiger partial charge in [0.05, 0.1) is 11.7 Å². The summed E-state index contributed by atoms with van der Waals surface area (Å²) in [5.41, 5.74) is 0.528. The molecule has 15 heavy (non-hydrogen) atoms. The van der Waals surface area contributed by atoms with E-state index in [9.17, 15) is 14.7 Å². The number of allylic oxidation sites excluding steroid dienone is 2. The molecule has 1 heterocycles. The van der Waals surface area contributed by atoms with E-state index in [0.717, 1.165) is 0 Å². The van der Waals surface area contributed by atoms with Crippen LogP contribution in [-0.2, 0) is 14.3 Å². The van der Waals surface area contributed by atoms with Gasteiger partial charge in [0.15, 0.2) is 17.9 Å². The highest BCUT2D eigenvalue weighted by molar-refractivity contribution is 6.20. The first kappa shape index (κ1) is 10.3. The molecule has 1 N–H and O–H groups in total. The molecular formula is C11H12O4. The Kier molecular flexibility index (Phi) is 2.54. The van der Waals surface area contributed by atoms with Crippen molar-refractivity contribution in [3.63, 3.8) is 0 Å². The van der Waals surface area contributed by atoms with E-state index in [2.05, 4.69) is 0 Å². The maximum Gasteiger partial charge on any atom is 0.187 e. The second-order valence-corrected chi connectivity index (χ2v) is 3.68. The number of hydrogen-bond acceptors (Lipinski definition) is 4. The van der Waals surface area contributed by atoms with Crippen LogP contribution in [0.25, 0.3) is 0 Å². The number of aliphatic hydroxyl groups excluding tert-OH is 1. The molecule has 80 valence electrons. The third kappa shape index (κ3) is 1.66. The molecule has 1 aliphatic heterocycles. The largest absolute Gasteiger partial charge is 0.364 e. The maximum atomic E-state index is 11.5. The second kappa shape index (κ2) is 3.72. The highest BCUT2D eigenvalue weighted by Crippen LogP contribution is 2.30. The third-order valence-corrected chi connectivity index (χ3v) is 2.73. The quantitative estimate of drug-likeness (QED) is 0.638. The number of aliphatic hydroxyl groups is 1. The molecule has 1 aliphatic carbocycles. The zero-order valence-electron chi connectivity index (χ0n) is 8.40. The number of ketones is 2. The van der Waals surface area contributed by atoms with E-state index in [0.29, 0.717) is 18.4 Å². The highest BCUT2D eigenvalue weighted by atomic mass is 16.6. The van der Waals surface area contributed by atoms with Crippen LogP contribution >= 0.6 is 0 Å². The molecule has 4 nitrogen and oxygen atoms in total. The molecule has 4 heteroatoms. The topological polar surface area (TPSA) is 63.6 Å². The van der Waals surface area contributed by atoms with Crippen molar-refractivity contribution >= 4 is 11.6 Å². The second-order valence-electron chi connectivity index (χ2n) is 3.68. The van der Waals surface area contributed by atoms with E-state index >= 15 is 0 Å². The van der Waals surface area contributed by atoms with Crippen LogP contribution in [0.4, 0.5) is 0 Å². The number of rotatable bonds is 1. The lowest BCUT2D eigenvalue weighted by Crippen LogP contribution is -2.36. The van der Waals surface area contributed by atoms with Gasteiger partial charge < -0.3 is 9.84 Å². The highest BCUT2D eigenvalue weighted by Gasteiger charge is 2.35. The molecule has 0 bridgehead atoms. The third-order valence-electron chi connectivity index (χ3n) is 2.73. The van der Waals surface area contributed by atoms with Crippen molar-refractivity contribution in [2.24, 2.45) is 0 Å². The van der Waals surface area contributed by atoms with Crippen LogP contribution in [0.2, 0.25) is 0 Å². The molecule has 2 aliphatic rings. The summed E-state index contributed by atoms with van der Waals surface area (Å²) in [7, 11) is 0. The van der Waals surface area contributed by atoms with Gasteiger partial charge in [-0.3, -0.25) is 9.59 Å². The van der Waals surface area contributed by atoms with Gasteiger partial charge in [-0.15, -0.1) is 0 Å². The lowest BCUT2D eigenvalue weighted by molar-refractivity contribution is -0.138. The number of ether oxygens (including phenoxy) is 1. The molecule has 0 radical (unpaired) electrons. The monoisotopic (exact) mass is 208 g/mol. The van der Waals surface area contributed by atoms with E-state index in [1.165, 1.54) is 12.2 Å². The van der Waals surface area contributed by atoms with E-state index in [4.69, 9.17) is 4.74 Å². The van der Waals surface area contributed by atoms with Gasteiger partial charge in [0.25, 0.3) is 0 Å². The first-order chi connectivity index (χ1) is 7.13. The van der Waals surface area contributed by atoms with Crippen LogP contribution in [-0.4, -0.2) is 29.1 Å². The van der Waals surface area contributed by atoms with Crippen molar-refractivity contribution in [2.75, 3.05) is 0 Å². The van der Waals surface area contributed by atoms with Gasteiger partial charge in [-0.05, 0) is 18.6 Å². The Morgan fingerprint density at radius 1 is 1.40 bits per heavy atom. The van der Waals surface area contributed by atoms with E-state index < -0.39 is 6.29 Å². The smallest absolute Gasteiger partial charge is 0.187 e. The molecule has 0 amide bonds. The van der Waals surface area contributed by atoms with Crippen LogP contribution in [0.3, 0.4) is 0 Å². The van der Waals surface area contributed by atoms with E-state index in [-0.39, 0.29) is 23.2 Å². The Hall–Kier alpha value is -1.26. The van der Waals surface area contributed by atoms with Crippen molar-refractivity contribution in [1.82, 2.24) is 0 Å². The zero-order chi connectivity index (χ0) is 11.0. The SMILES string of the molecule is CCC1CC2=C(C(=O)C=CC2=O)C(O)O1. The Balaban J connectivity index is 2.39. The summed E-state index contributed by atoms with van der Waals surface area (Å²) in [5, 5.41) is 9.61. The van der Waals surface area contributed by atoms with Gasteiger partial charge in [-0.1, -0.05) is 6.92 Å². The summed E-state index contributed by atoms with van der Waals surface area (Å²) in [4.78, 5) is 23.0. The molecule has 0 aromatic rings. The number of hydrogen-bond donors (Lipinski definition) is 1. The van der Waals surface area contributed by atoms with Crippen LogP contribution in [0.1, 0.15) is 19.8 Å². The number of carbonyl (C=O) groups is 2. The van der Waals surface area contributed by atoms with Gasteiger partial charge in [0.2, 0.25) is 0 Å². The summed E-state index contributed by atoms with van der Waals surface area (Å²) in [6, 6.07) is 0. The average molecular weight is 208 g/mol. The molecule has 0 aromatic heterocycles. The molecule has 2 unspecified atom stereocenters. The van der Waals surface area contributed by atoms with E-state index in [1.807, 2.05) is 6.92 Å². The van der Waals surface area contributed by atoms with Crippen LogP contribution < -0.4 is 0 Å². The summed E-state index contributed by atoms with van der Waals surface area (Å²) < 4.78 is 5.21. The summed E-state index contributed by atoms with van der Waals surface area (Å²) >= 11 is 0. The molecule has 2 atom stereocenters. The molecule has 2 rings (SSSR count). The Labute approximate surface area is 87.2 Å². The Bertz CT molecular complexity index is 378.